The van der Waals surface area contributed by atoms with Gasteiger partial charge in [0.05, 0.1) is 6.61 Å². The number of hydrogen-bond donors (Lipinski definition) is 2. The Hall–Kier alpha value is -1.62. The smallest absolute Gasteiger partial charge is 0.214 e. The Labute approximate surface area is 95.1 Å². The minimum atomic E-state index is -0.0842. The summed E-state index contributed by atoms with van der Waals surface area (Å²) in [5, 5.41) is 7.36. The molecular weight excluding hydrogens is 206 g/mol. The molecule has 0 spiro atoms. The molecule has 1 heterocycles. The Morgan fingerprint density at radius 2 is 2.25 bits per heavy atom. The summed E-state index contributed by atoms with van der Waals surface area (Å²) in [7, 11) is 1.62. The molecule has 3 N–H and O–H groups in total. The molecule has 1 rings (SSSR count). The van der Waals surface area contributed by atoms with Gasteiger partial charge in [-0.3, -0.25) is 5.41 Å². The normalized spacial score (nSPS) is 12.2. The first kappa shape index (κ1) is 12.4. The molecule has 0 aliphatic carbocycles. The zero-order valence-corrected chi connectivity index (χ0v) is 9.78. The summed E-state index contributed by atoms with van der Waals surface area (Å²) >= 11 is 0. The second-order valence-corrected chi connectivity index (χ2v) is 3.63. The minimum absolute atomic E-state index is 0.00902. The van der Waals surface area contributed by atoms with Crippen LogP contribution in [0.1, 0.15) is 18.2 Å². The van der Waals surface area contributed by atoms with Crippen molar-refractivity contribution in [1.29, 1.82) is 5.41 Å². The van der Waals surface area contributed by atoms with Gasteiger partial charge >= 0.3 is 0 Å². The van der Waals surface area contributed by atoms with Crippen molar-refractivity contribution < 1.29 is 9.47 Å². The van der Waals surface area contributed by atoms with Gasteiger partial charge < -0.3 is 15.2 Å². The molecule has 1 atom stereocenters. The number of pyridine rings is 1. The largest absolute Gasteiger partial charge is 0.472 e. The van der Waals surface area contributed by atoms with E-state index in [-0.39, 0.29) is 11.9 Å². The molecule has 88 valence electrons. The molecule has 5 heteroatoms. The van der Waals surface area contributed by atoms with Gasteiger partial charge in [-0.05, 0) is 19.9 Å². The number of nitrogens with zero attached hydrogens (tertiary/aromatic N) is 1. The molecule has 0 radical (unpaired) electrons. The third kappa shape index (κ3) is 3.51. The lowest BCUT2D eigenvalue weighted by atomic mass is 10.2. The lowest BCUT2D eigenvalue weighted by Crippen LogP contribution is -2.19. The summed E-state index contributed by atoms with van der Waals surface area (Å²) in [5.74, 6) is 0.476. The number of nitrogens with two attached hydrogens (primary N) is 1. The van der Waals surface area contributed by atoms with Gasteiger partial charge in [0, 0.05) is 24.4 Å². The maximum absolute atomic E-state index is 7.36. The van der Waals surface area contributed by atoms with Crippen molar-refractivity contribution >= 4 is 5.84 Å². The van der Waals surface area contributed by atoms with Crippen molar-refractivity contribution in [3.8, 4) is 5.88 Å². The summed E-state index contributed by atoms with van der Waals surface area (Å²) in [6.07, 6.45) is -0.0842. The molecule has 5 nitrogen and oxygen atoms in total. The predicted molar refractivity (Wildman–Crippen MR) is 62.0 cm³/mol. The third-order valence-corrected chi connectivity index (χ3v) is 1.96. The van der Waals surface area contributed by atoms with Crippen LogP contribution in [-0.4, -0.2) is 30.6 Å². The van der Waals surface area contributed by atoms with E-state index in [2.05, 4.69) is 4.98 Å². The summed E-state index contributed by atoms with van der Waals surface area (Å²) < 4.78 is 10.5. The first-order valence-electron chi connectivity index (χ1n) is 5.01. The molecule has 0 aromatic carbocycles. The molecule has 1 unspecified atom stereocenters. The van der Waals surface area contributed by atoms with E-state index in [1.54, 1.807) is 19.2 Å². The number of ether oxygens (including phenoxy) is 2. The first-order chi connectivity index (χ1) is 7.52. The third-order valence-electron chi connectivity index (χ3n) is 1.96. The summed E-state index contributed by atoms with van der Waals surface area (Å²) in [4.78, 5) is 4.21. The van der Waals surface area contributed by atoms with E-state index in [1.165, 1.54) is 0 Å². The van der Waals surface area contributed by atoms with Crippen LogP contribution < -0.4 is 10.5 Å². The SMILES string of the molecule is COCC(C)Oc1cc(C(=N)N)cc(C)n1. The maximum Gasteiger partial charge on any atom is 0.214 e. The molecule has 0 aliphatic heterocycles. The quantitative estimate of drug-likeness (QED) is 0.578. The summed E-state index contributed by atoms with van der Waals surface area (Å²) in [6, 6.07) is 3.40. The monoisotopic (exact) mass is 223 g/mol. The number of aromatic nitrogens is 1. The van der Waals surface area contributed by atoms with Gasteiger partial charge in [0.1, 0.15) is 11.9 Å². The van der Waals surface area contributed by atoms with Crippen LogP contribution in [-0.2, 0) is 4.74 Å². The number of methoxy groups -OCH3 is 1. The fraction of sp³-hybridized carbons (Fsp3) is 0.455. The number of nitrogen functional groups attached to an aromatic ring is 1. The Bertz CT molecular complexity index is 379. The van der Waals surface area contributed by atoms with Crippen molar-refractivity contribution in [2.24, 2.45) is 5.73 Å². The van der Waals surface area contributed by atoms with Gasteiger partial charge in [-0.1, -0.05) is 0 Å². The highest BCUT2D eigenvalue weighted by molar-refractivity contribution is 5.95. The van der Waals surface area contributed by atoms with Gasteiger partial charge in [0.2, 0.25) is 5.88 Å². The predicted octanol–water partition coefficient (Wildman–Crippen LogP) is 1.09. The minimum Gasteiger partial charge on any atom is -0.472 e. The van der Waals surface area contributed by atoms with Crippen LogP contribution in [0.15, 0.2) is 12.1 Å². The van der Waals surface area contributed by atoms with E-state index >= 15 is 0 Å². The molecule has 0 aliphatic rings. The standard InChI is InChI=1S/C11H17N3O2/c1-7-4-9(11(12)13)5-10(14-7)16-8(2)6-15-3/h4-5,8H,6H2,1-3H3,(H3,12,13). The average Bonchev–Trinajstić information content (AvgIpc) is 2.16. The van der Waals surface area contributed by atoms with E-state index in [1.807, 2.05) is 13.8 Å². The van der Waals surface area contributed by atoms with Crippen LogP contribution in [0.25, 0.3) is 0 Å². The van der Waals surface area contributed by atoms with Gasteiger partial charge in [-0.2, -0.15) is 0 Å². The molecular formula is C11H17N3O2. The highest BCUT2D eigenvalue weighted by Crippen LogP contribution is 2.13. The topological polar surface area (TPSA) is 81.2 Å². The Morgan fingerprint density at radius 3 is 2.81 bits per heavy atom. The van der Waals surface area contributed by atoms with E-state index < -0.39 is 0 Å². The van der Waals surface area contributed by atoms with Gasteiger partial charge in [-0.15, -0.1) is 0 Å². The maximum atomic E-state index is 7.36. The van der Waals surface area contributed by atoms with Gasteiger partial charge in [-0.25, -0.2) is 4.98 Å². The Kier molecular flexibility index (Phi) is 4.25. The van der Waals surface area contributed by atoms with Crippen LogP contribution in [0.4, 0.5) is 0 Å². The first-order valence-corrected chi connectivity index (χ1v) is 5.01. The van der Waals surface area contributed by atoms with Crippen molar-refractivity contribution in [3.05, 3.63) is 23.4 Å². The summed E-state index contributed by atoms with van der Waals surface area (Å²) in [5.41, 5.74) is 6.80. The molecule has 16 heavy (non-hydrogen) atoms. The number of aryl methyl sites for hydroxylation is 1. The lowest BCUT2D eigenvalue weighted by molar-refractivity contribution is 0.0889. The van der Waals surface area contributed by atoms with E-state index in [9.17, 15) is 0 Å². The van der Waals surface area contributed by atoms with Gasteiger partial charge in [0.25, 0.3) is 0 Å². The number of amidine groups is 1. The number of hydrogen-bond acceptors (Lipinski definition) is 4. The molecule has 0 saturated carbocycles. The molecule has 1 aromatic heterocycles. The number of rotatable bonds is 5. The van der Waals surface area contributed by atoms with Gasteiger partial charge in [0.15, 0.2) is 0 Å². The van der Waals surface area contributed by atoms with Crippen LogP contribution in [0.2, 0.25) is 0 Å². The Morgan fingerprint density at radius 1 is 1.56 bits per heavy atom. The van der Waals surface area contributed by atoms with Crippen LogP contribution >= 0.6 is 0 Å². The highest BCUT2D eigenvalue weighted by atomic mass is 16.5. The van der Waals surface area contributed by atoms with Crippen LogP contribution in [0.5, 0.6) is 5.88 Å². The fourth-order valence-electron chi connectivity index (χ4n) is 1.33. The van der Waals surface area contributed by atoms with Crippen LogP contribution in [0, 0.1) is 12.3 Å². The van der Waals surface area contributed by atoms with Crippen LogP contribution in [0.3, 0.4) is 0 Å². The van der Waals surface area contributed by atoms with Crippen molar-refractivity contribution in [2.75, 3.05) is 13.7 Å². The van der Waals surface area contributed by atoms with Crippen molar-refractivity contribution in [3.63, 3.8) is 0 Å². The molecule has 0 fully saturated rings. The zero-order chi connectivity index (χ0) is 12.1. The van der Waals surface area contributed by atoms with Crippen molar-refractivity contribution in [2.45, 2.75) is 20.0 Å². The number of nitrogens with one attached hydrogen (secondary N) is 1. The summed E-state index contributed by atoms with van der Waals surface area (Å²) in [6.45, 7) is 4.21. The van der Waals surface area contributed by atoms with E-state index in [0.29, 0.717) is 18.1 Å². The molecule has 0 amide bonds. The Balaban J connectivity index is 2.84. The fourth-order valence-corrected chi connectivity index (χ4v) is 1.33. The highest BCUT2D eigenvalue weighted by Gasteiger charge is 2.07. The molecule has 0 saturated heterocycles. The molecule has 1 aromatic rings. The average molecular weight is 223 g/mol. The zero-order valence-electron chi connectivity index (χ0n) is 9.78. The second-order valence-electron chi connectivity index (χ2n) is 3.63. The van der Waals surface area contributed by atoms with Crippen molar-refractivity contribution in [1.82, 2.24) is 4.98 Å². The van der Waals surface area contributed by atoms with E-state index in [4.69, 9.17) is 20.6 Å². The lowest BCUT2D eigenvalue weighted by Gasteiger charge is -2.13. The molecule has 0 bridgehead atoms. The second kappa shape index (κ2) is 5.46. The van der Waals surface area contributed by atoms with E-state index in [0.717, 1.165) is 5.69 Å².